The Labute approximate surface area is 147 Å². The average Bonchev–Trinajstić information content (AvgIpc) is 2.59. The third-order valence-corrected chi connectivity index (χ3v) is 5.44. The fourth-order valence-corrected chi connectivity index (χ4v) is 3.56. The first kappa shape index (κ1) is 18.6. The van der Waals surface area contributed by atoms with Crippen molar-refractivity contribution in [3.63, 3.8) is 0 Å². The molecule has 1 aromatic carbocycles. The molecule has 1 aliphatic rings. The van der Waals surface area contributed by atoms with Crippen LogP contribution >= 0.6 is 23.4 Å². The molecule has 2 rings (SSSR count). The van der Waals surface area contributed by atoms with Gasteiger partial charge in [-0.2, -0.15) is 0 Å². The first-order chi connectivity index (χ1) is 11.2. The van der Waals surface area contributed by atoms with Crippen molar-refractivity contribution in [2.75, 3.05) is 39.4 Å². The van der Waals surface area contributed by atoms with Crippen molar-refractivity contribution >= 4 is 29.3 Å². The molecule has 1 N–H and O–H groups in total. The maximum atomic E-state index is 12.3. The van der Waals surface area contributed by atoms with E-state index in [1.807, 2.05) is 31.2 Å². The van der Waals surface area contributed by atoms with Gasteiger partial charge in [-0.25, -0.2) is 0 Å². The van der Waals surface area contributed by atoms with Crippen LogP contribution in [0, 0.1) is 0 Å². The summed E-state index contributed by atoms with van der Waals surface area (Å²) >= 11 is 7.49. The fourth-order valence-electron chi connectivity index (χ4n) is 2.45. The van der Waals surface area contributed by atoms with Gasteiger partial charge in [0.1, 0.15) is 0 Å². The Hall–Kier alpha value is -0.750. The number of nitrogens with one attached hydrogen (secondary N) is 1. The number of rotatable bonds is 8. The maximum absolute atomic E-state index is 12.3. The summed E-state index contributed by atoms with van der Waals surface area (Å²) in [4.78, 5) is 15.8. The van der Waals surface area contributed by atoms with Crippen LogP contribution in [0.5, 0.6) is 0 Å². The highest BCUT2D eigenvalue weighted by atomic mass is 35.5. The summed E-state index contributed by atoms with van der Waals surface area (Å²) in [5.74, 6) is 0.120. The Morgan fingerprint density at radius 3 is 2.70 bits per heavy atom. The van der Waals surface area contributed by atoms with Gasteiger partial charge in [-0.1, -0.05) is 18.5 Å². The van der Waals surface area contributed by atoms with Crippen LogP contribution in [-0.2, 0) is 9.53 Å². The summed E-state index contributed by atoms with van der Waals surface area (Å²) < 4.78 is 5.33. The van der Waals surface area contributed by atoms with Gasteiger partial charge < -0.3 is 10.1 Å². The van der Waals surface area contributed by atoms with Gasteiger partial charge in [0.15, 0.2) is 0 Å². The second-order valence-electron chi connectivity index (χ2n) is 5.57. The second kappa shape index (κ2) is 10.2. The molecule has 1 aliphatic heterocycles. The molecule has 0 aliphatic carbocycles. The van der Waals surface area contributed by atoms with Gasteiger partial charge in [-0.15, -0.1) is 11.8 Å². The van der Waals surface area contributed by atoms with Crippen molar-refractivity contribution in [1.29, 1.82) is 0 Å². The van der Waals surface area contributed by atoms with Crippen molar-refractivity contribution < 1.29 is 9.53 Å². The molecule has 6 heteroatoms. The molecular formula is C17H25ClN2O2S. The topological polar surface area (TPSA) is 41.6 Å². The van der Waals surface area contributed by atoms with Crippen LogP contribution in [0.15, 0.2) is 29.2 Å². The van der Waals surface area contributed by atoms with Crippen LogP contribution in [0.2, 0.25) is 5.02 Å². The Kier molecular flexibility index (Phi) is 8.23. The Morgan fingerprint density at radius 2 is 2.04 bits per heavy atom. The van der Waals surface area contributed by atoms with E-state index < -0.39 is 0 Å². The number of benzene rings is 1. The number of ether oxygens (including phenoxy) is 1. The van der Waals surface area contributed by atoms with Crippen LogP contribution in [0.3, 0.4) is 0 Å². The Bertz CT molecular complexity index is 478. The van der Waals surface area contributed by atoms with Crippen LogP contribution in [-0.4, -0.2) is 55.4 Å². The average molecular weight is 357 g/mol. The van der Waals surface area contributed by atoms with Crippen molar-refractivity contribution in [3.05, 3.63) is 29.3 Å². The van der Waals surface area contributed by atoms with E-state index in [2.05, 4.69) is 10.2 Å². The predicted molar refractivity (Wildman–Crippen MR) is 96.3 cm³/mol. The monoisotopic (exact) mass is 356 g/mol. The number of thioether (sulfide) groups is 1. The second-order valence-corrected chi connectivity index (χ2v) is 7.28. The lowest BCUT2D eigenvalue weighted by atomic mass is 10.3. The molecule has 0 spiro atoms. The molecule has 1 fully saturated rings. The lowest BCUT2D eigenvalue weighted by Gasteiger charge is -2.26. The first-order valence-corrected chi connectivity index (χ1v) is 9.45. The van der Waals surface area contributed by atoms with Gasteiger partial charge >= 0.3 is 0 Å². The highest BCUT2D eigenvalue weighted by Crippen LogP contribution is 2.26. The highest BCUT2D eigenvalue weighted by molar-refractivity contribution is 8.00. The molecule has 1 unspecified atom stereocenters. The summed E-state index contributed by atoms with van der Waals surface area (Å²) in [6, 6.07) is 7.64. The number of hydrogen-bond donors (Lipinski definition) is 1. The minimum absolute atomic E-state index is 0.0560. The maximum Gasteiger partial charge on any atom is 0.233 e. The molecule has 1 saturated heterocycles. The van der Waals surface area contributed by atoms with Gasteiger partial charge in [0.2, 0.25) is 5.91 Å². The summed E-state index contributed by atoms with van der Waals surface area (Å²) in [6.07, 6.45) is 1.79. The van der Waals surface area contributed by atoms with Crippen molar-refractivity contribution in [2.24, 2.45) is 0 Å². The van der Waals surface area contributed by atoms with Crippen molar-refractivity contribution in [2.45, 2.75) is 29.9 Å². The number of morpholine rings is 1. The van der Waals surface area contributed by atoms with Crippen LogP contribution in [0.1, 0.15) is 19.8 Å². The summed E-state index contributed by atoms with van der Waals surface area (Å²) in [5.41, 5.74) is 0. The normalized spacial score (nSPS) is 17.0. The van der Waals surface area contributed by atoms with E-state index >= 15 is 0 Å². The molecule has 1 heterocycles. The minimum Gasteiger partial charge on any atom is -0.379 e. The third kappa shape index (κ3) is 6.71. The van der Waals surface area contributed by atoms with E-state index in [9.17, 15) is 4.79 Å². The lowest BCUT2D eigenvalue weighted by molar-refractivity contribution is -0.120. The fraction of sp³-hybridized carbons (Fsp3) is 0.588. The van der Waals surface area contributed by atoms with Gasteiger partial charge in [0.25, 0.3) is 0 Å². The predicted octanol–water partition coefficient (Wildman–Crippen LogP) is 3.05. The quantitative estimate of drug-likeness (QED) is 0.574. The lowest BCUT2D eigenvalue weighted by Crippen LogP contribution is -2.39. The minimum atomic E-state index is -0.0560. The number of carbonyl (C=O) groups excluding carboxylic acids is 1. The molecule has 128 valence electrons. The van der Waals surface area contributed by atoms with Crippen LogP contribution in [0.4, 0.5) is 0 Å². The van der Waals surface area contributed by atoms with E-state index in [1.54, 1.807) is 11.8 Å². The van der Waals surface area contributed by atoms with E-state index in [1.165, 1.54) is 0 Å². The van der Waals surface area contributed by atoms with E-state index in [0.717, 1.165) is 62.2 Å². The molecule has 4 nitrogen and oxygen atoms in total. The molecule has 0 radical (unpaired) electrons. The van der Waals surface area contributed by atoms with Crippen LogP contribution < -0.4 is 5.32 Å². The molecular weight excluding hydrogens is 332 g/mol. The van der Waals surface area contributed by atoms with E-state index in [-0.39, 0.29) is 11.2 Å². The number of hydrogen-bond acceptors (Lipinski definition) is 4. The zero-order valence-electron chi connectivity index (χ0n) is 13.6. The number of nitrogens with zero attached hydrogens (tertiary/aromatic N) is 1. The zero-order chi connectivity index (χ0) is 16.5. The Balaban J connectivity index is 1.68. The molecule has 1 amide bonds. The highest BCUT2D eigenvalue weighted by Gasteiger charge is 2.17. The summed E-state index contributed by atoms with van der Waals surface area (Å²) in [6.45, 7) is 7.43. The number of halogens is 1. The van der Waals surface area contributed by atoms with Gasteiger partial charge in [-0.05, 0) is 43.7 Å². The molecule has 0 aromatic heterocycles. The van der Waals surface area contributed by atoms with E-state index in [4.69, 9.17) is 16.3 Å². The molecule has 1 atom stereocenters. The molecule has 0 saturated carbocycles. The summed E-state index contributed by atoms with van der Waals surface area (Å²) in [7, 11) is 0. The SMILES string of the molecule is CCC(Sc1ccc(Cl)cc1)C(=O)NCCCN1CCOCC1. The standard InChI is InChI=1S/C17H25ClN2O2S/c1-2-16(23-15-6-4-14(18)5-7-15)17(21)19-8-3-9-20-10-12-22-13-11-20/h4-7,16H,2-3,8-13H2,1H3,(H,19,21). The van der Waals surface area contributed by atoms with Gasteiger partial charge in [-0.3, -0.25) is 9.69 Å². The smallest absolute Gasteiger partial charge is 0.233 e. The van der Waals surface area contributed by atoms with Gasteiger partial charge in [0, 0.05) is 29.6 Å². The van der Waals surface area contributed by atoms with Gasteiger partial charge in [0.05, 0.1) is 18.5 Å². The molecule has 23 heavy (non-hydrogen) atoms. The first-order valence-electron chi connectivity index (χ1n) is 8.19. The van der Waals surface area contributed by atoms with E-state index in [0.29, 0.717) is 0 Å². The number of amides is 1. The zero-order valence-corrected chi connectivity index (χ0v) is 15.2. The van der Waals surface area contributed by atoms with Crippen molar-refractivity contribution in [3.8, 4) is 0 Å². The largest absolute Gasteiger partial charge is 0.379 e. The molecule has 1 aromatic rings. The third-order valence-electron chi connectivity index (χ3n) is 3.81. The Morgan fingerprint density at radius 1 is 1.35 bits per heavy atom. The summed E-state index contributed by atoms with van der Waals surface area (Å²) in [5, 5.41) is 3.72. The number of carbonyl (C=O) groups is 1. The molecule has 0 bridgehead atoms. The van der Waals surface area contributed by atoms with Crippen molar-refractivity contribution in [1.82, 2.24) is 10.2 Å². The van der Waals surface area contributed by atoms with Crippen LogP contribution in [0.25, 0.3) is 0 Å².